The van der Waals surface area contributed by atoms with Crippen molar-refractivity contribution in [3.8, 4) is 11.1 Å². The Bertz CT molecular complexity index is 1270. The second-order valence-electron chi connectivity index (χ2n) is 8.61. The number of nitrogens with zero attached hydrogens (tertiary/aromatic N) is 3. The Kier molecular flexibility index (Phi) is 5.76. The second-order valence-corrected chi connectivity index (χ2v) is 10.2. The number of hydrogen-bond donors (Lipinski definition) is 0. The molecular formula is C25H25ClFN3OS. The molecule has 0 radical (unpaired) electrons. The molecule has 2 aromatic heterocycles. The summed E-state index contributed by atoms with van der Waals surface area (Å²) < 4.78 is 21.8. The number of aromatic nitrogens is 3. The summed E-state index contributed by atoms with van der Waals surface area (Å²) in [6.07, 6.45) is 1.84. The van der Waals surface area contributed by atoms with Crippen LogP contribution >= 0.6 is 23.4 Å². The van der Waals surface area contributed by atoms with Gasteiger partial charge < -0.3 is 9.09 Å². The zero-order chi connectivity index (χ0) is 22.4. The van der Waals surface area contributed by atoms with Crippen molar-refractivity contribution in [2.75, 3.05) is 11.5 Å². The summed E-state index contributed by atoms with van der Waals surface area (Å²) in [4.78, 5) is 5.11. The van der Waals surface area contributed by atoms with Crippen molar-refractivity contribution < 1.29 is 8.91 Å². The molecular weight excluding hydrogens is 445 g/mol. The molecule has 1 aliphatic heterocycles. The maximum Gasteiger partial charge on any atom is 0.142 e. The van der Waals surface area contributed by atoms with Crippen LogP contribution in [0.2, 0.25) is 5.02 Å². The summed E-state index contributed by atoms with van der Waals surface area (Å²) in [5.41, 5.74) is 6.03. The summed E-state index contributed by atoms with van der Waals surface area (Å²) in [7, 11) is 0. The summed E-state index contributed by atoms with van der Waals surface area (Å²) in [5, 5.41) is 4.26. The molecule has 4 aromatic rings. The van der Waals surface area contributed by atoms with E-state index in [-0.39, 0.29) is 16.8 Å². The number of imidazole rings is 1. The molecule has 0 amide bonds. The number of fused-ring (bicyclic) bond motifs is 1. The Morgan fingerprint density at radius 3 is 2.78 bits per heavy atom. The number of aryl methyl sites for hydroxylation is 2. The summed E-state index contributed by atoms with van der Waals surface area (Å²) in [6, 6.07) is 11.9. The third-order valence-corrected chi connectivity index (χ3v) is 7.73. The molecule has 2 aromatic carbocycles. The molecule has 0 N–H and O–H groups in total. The minimum atomic E-state index is -0.374. The Morgan fingerprint density at radius 1 is 1.25 bits per heavy atom. The standard InChI is InChI=1S/C25H25ClFN3OS/c1-14(10-17-4-6-20(26)21(27)11-17)25-28-22-12-18(24-15(2)29-31-16(24)3)5-7-23(22)30(25)19-8-9-32-13-19/h4-7,11-12,14,19H,8-10,13H2,1-3H3/t14-,19+/m1/s1. The predicted octanol–water partition coefficient (Wildman–Crippen LogP) is 7.12. The summed E-state index contributed by atoms with van der Waals surface area (Å²) >= 11 is 7.86. The van der Waals surface area contributed by atoms with E-state index in [1.54, 1.807) is 6.07 Å². The van der Waals surface area contributed by atoms with Crippen LogP contribution < -0.4 is 0 Å². The molecule has 0 bridgehead atoms. The molecule has 32 heavy (non-hydrogen) atoms. The van der Waals surface area contributed by atoms with Crippen LogP contribution in [0.15, 0.2) is 40.9 Å². The van der Waals surface area contributed by atoms with Crippen LogP contribution in [0.5, 0.6) is 0 Å². The van der Waals surface area contributed by atoms with Crippen molar-refractivity contribution in [1.82, 2.24) is 14.7 Å². The predicted molar refractivity (Wildman–Crippen MR) is 129 cm³/mol. The third-order valence-electron chi connectivity index (χ3n) is 6.28. The highest BCUT2D eigenvalue weighted by atomic mass is 35.5. The molecule has 7 heteroatoms. The van der Waals surface area contributed by atoms with Crippen molar-refractivity contribution >= 4 is 34.4 Å². The fourth-order valence-electron chi connectivity index (χ4n) is 4.74. The lowest BCUT2D eigenvalue weighted by Gasteiger charge is -2.20. The Hall–Kier alpha value is -2.31. The highest BCUT2D eigenvalue weighted by Crippen LogP contribution is 2.37. The van der Waals surface area contributed by atoms with E-state index < -0.39 is 0 Å². The van der Waals surface area contributed by atoms with Crippen molar-refractivity contribution in [1.29, 1.82) is 0 Å². The molecule has 0 unspecified atom stereocenters. The lowest BCUT2D eigenvalue weighted by atomic mass is 10.00. The van der Waals surface area contributed by atoms with Gasteiger partial charge >= 0.3 is 0 Å². The van der Waals surface area contributed by atoms with E-state index in [0.29, 0.717) is 12.5 Å². The first-order valence-electron chi connectivity index (χ1n) is 10.9. The van der Waals surface area contributed by atoms with Gasteiger partial charge in [-0.2, -0.15) is 11.8 Å². The summed E-state index contributed by atoms with van der Waals surface area (Å²) in [6.45, 7) is 6.07. The van der Waals surface area contributed by atoms with E-state index in [4.69, 9.17) is 21.1 Å². The van der Waals surface area contributed by atoms with Gasteiger partial charge in [-0.15, -0.1) is 0 Å². The fraction of sp³-hybridized carbons (Fsp3) is 0.360. The zero-order valence-corrected chi connectivity index (χ0v) is 19.9. The molecule has 0 saturated carbocycles. The first-order chi connectivity index (χ1) is 15.4. The monoisotopic (exact) mass is 469 g/mol. The quantitative estimate of drug-likeness (QED) is 0.312. The Balaban J connectivity index is 1.58. The van der Waals surface area contributed by atoms with Crippen LogP contribution in [-0.2, 0) is 6.42 Å². The first kappa shape index (κ1) is 21.5. The van der Waals surface area contributed by atoms with E-state index in [2.05, 4.69) is 34.8 Å². The smallest absolute Gasteiger partial charge is 0.142 e. The van der Waals surface area contributed by atoms with Gasteiger partial charge in [0.05, 0.1) is 21.7 Å². The average molecular weight is 470 g/mol. The van der Waals surface area contributed by atoms with E-state index >= 15 is 0 Å². The molecule has 2 atom stereocenters. The maximum absolute atomic E-state index is 14.0. The Morgan fingerprint density at radius 2 is 2.09 bits per heavy atom. The van der Waals surface area contributed by atoms with Crippen molar-refractivity contribution in [2.45, 2.75) is 45.6 Å². The molecule has 3 heterocycles. The molecule has 4 nitrogen and oxygen atoms in total. The molecule has 0 aliphatic carbocycles. The second kappa shape index (κ2) is 8.56. The van der Waals surface area contributed by atoms with Gasteiger partial charge in [0, 0.05) is 23.3 Å². The van der Waals surface area contributed by atoms with Gasteiger partial charge in [0.15, 0.2) is 0 Å². The number of hydrogen-bond acceptors (Lipinski definition) is 4. The van der Waals surface area contributed by atoms with Crippen LogP contribution in [-0.4, -0.2) is 26.2 Å². The molecule has 166 valence electrons. The van der Waals surface area contributed by atoms with Gasteiger partial charge in [0.1, 0.15) is 17.4 Å². The number of thioether (sulfide) groups is 1. The maximum atomic E-state index is 14.0. The van der Waals surface area contributed by atoms with Crippen LogP contribution in [0, 0.1) is 19.7 Å². The van der Waals surface area contributed by atoms with Gasteiger partial charge in [0.2, 0.25) is 0 Å². The largest absolute Gasteiger partial charge is 0.361 e. The van der Waals surface area contributed by atoms with Gasteiger partial charge in [-0.25, -0.2) is 9.37 Å². The summed E-state index contributed by atoms with van der Waals surface area (Å²) in [5.74, 6) is 3.88. The van der Waals surface area contributed by atoms with Crippen molar-refractivity contribution in [3.63, 3.8) is 0 Å². The van der Waals surface area contributed by atoms with E-state index in [1.807, 2.05) is 31.7 Å². The number of halogens is 2. The van der Waals surface area contributed by atoms with Gasteiger partial charge in [-0.1, -0.05) is 35.8 Å². The van der Waals surface area contributed by atoms with Gasteiger partial charge in [-0.3, -0.25) is 0 Å². The first-order valence-corrected chi connectivity index (χ1v) is 12.4. The zero-order valence-electron chi connectivity index (χ0n) is 18.4. The minimum absolute atomic E-state index is 0.135. The Labute approximate surface area is 196 Å². The molecule has 5 rings (SSSR count). The normalized spacial score (nSPS) is 17.3. The molecule has 1 fully saturated rings. The highest BCUT2D eigenvalue weighted by Gasteiger charge is 2.26. The molecule has 1 aliphatic rings. The van der Waals surface area contributed by atoms with Crippen LogP contribution in [0.1, 0.15) is 48.1 Å². The molecule has 0 spiro atoms. The van der Waals surface area contributed by atoms with Crippen LogP contribution in [0.3, 0.4) is 0 Å². The highest BCUT2D eigenvalue weighted by molar-refractivity contribution is 7.99. The van der Waals surface area contributed by atoms with Crippen molar-refractivity contribution in [2.24, 2.45) is 0 Å². The fourth-order valence-corrected chi connectivity index (χ4v) is 6.05. The number of rotatable bonds is 5. The van der Waals surface area contributed by atoms with Gasteiger partial charge in [0.25, 0.3) is 0 Å². The third kappa shape index (κ3) is 3.84. The average Bonchev–Trinajstić information content (AvgIpc) is 3.49. The van der Waals surface area contributed by atoms with E-state index in [1.165, 1.54) is 6.07 Å². The van der Waals surface area contributed by atoms with Crippen LogP contribution in [0.25, 0.3) is 22.2 Å². The molecule has 1 saturated heterocycles. The minimum Gasteiger partial charge on any atom is -0.361 e. The van der Waals surface area contributed by atoms with Crippen molar-refractivity contribution in [3.05, 3.63) is 70.1 Å². The number of benzene rings is 2. The topological polar surface area (TPSA) is 43.9 Å². The van der Waals surface area contributed by atoms with Gasteiger partial charge in [-0.05, 0) is 67.8 Å². The van der Waals surface area contributed by atoms with E-state index in [9.17, 15) is 4.39 Å². The lowest BCUT2D eigenvalue weighted by molar-refractivity contribution is 0.393. The van der Waals surface area contributed by atoms with Crippen LogP contribution in [0.4, 0.5) is 4.39 Å². The lowest BCUT2D eigenvalue weighted by Crippen LogP contribution is -2.15. The SMILES string of the molecule is Cc1noc(C)c1-c1ccc2c(c1)nc([C@H](C)Cc1ccc(Cl)c(F)c1)n2[C@H]1CCSC1. The van der Waals surface area contributed by atoms with E-state index in [0.717, 1.165) is 62.9 Å².